The number of aldehydes is 1. The Morgan fingerprint density at radius 1 is 1.73 bits per heavy atom. The Balaban J connectivity index is 2.92. The van der Waals surface area contributed by atoms with E-state index in [1.165, 1.54) is 12.5 Å². The quantitative estimate of drug-likeness (QED) is 0.647. The lowest BCUT2D eigenvalue weighted by Gasteiger charge is -2.01. The summed E-state index contributed by atoms with van der Waals surface area (Å²) in [4.78, 5) is 18.0. The summed E-state index contributed by atoms with van der Waals surface area (Å²) < 4.78 is 0. The van der Waals surface area contributed by atoms with Crippen molar-refractivity contribution in [1.29, 1.82) is 0 Å². The van der Waals surface area contributed by atoms with E-state index in [2.05, 4.69) is 15.3 Å². The van der Waals surface area contributed by atoms with E-state index in [9.17, 15) is 4.79 Å². The summed E-state index contributed by atoms with van der Waals surface area (Å²) in [5.41, 5.74) is 0.495. The highest BCUT2D eigenvalue weighted by molar-refractivity contribution is 5.81. The Bertz CT molecular complexity index is 249. The third-order valence-corrected chi connectivity index (χ3v) is 1.21. The Labute approximate surface area is 64.7 Å². The molecular weight excluding hydrogens is 142 g/mol. The van der Waals surface area contributed by atoms with Gasteiger partial charge in [0.1, 0.15) is 12.1 Å². The van der Waals surface area contributed by atoms with Gasteiger partial charge in [-0.1, -0.05) is 0 Å². The molecule has 1 rings (SSSR count). The Morgan fingerprint density at radius 2 is 2.55 bits per heavy atom. The van der Waals surface area contributed by atoms with E-state index in [0.29, 0.717) is 11.4 Å². The number of aromatic nitrogens is 2. The van der Waals surface area contributed by atoms with Crippen LogP contribution in [0.2, 0.25) is 0 Å². The summed E-state index contributed by atoms with van der Waals surface area (Å²) in [5, 5.41) is 2.94. The lowest BCUT2D eigenvalue weighted by molar-refractivity contribution is 0.112. The molecule has 1 heterocycles. The number of carbonyl (C=O) groups excluding carboxylic acids is 1. The van der Waals surface area contributed by atoms with Crippen molar-refractivity contribution < 1.29 is 4.79 Å². The Kier molecular flexibility index (Phi) is 2.54. The van der Waals surface area contributed by atoms with Gasteiger partial charge in [0, 0.05) is 12.7 Å². The van der Waals surface area contributed by atoms with E-state index in [0.717, 1.165) is 12.8 Å². The molecule has 0 aliphatic rings. The molecule has 0 saturated heterocycles. The molecule has 0 radical (unpaired) electrons. The first-order valence-electron chi connectivity index (χ1n) is 3.37. The lowest BCUT2D eigenvalue weighted by atomic mass is 10.3. The van der Waals surface area contributed by atoms with E-state index in [4.69, 9.17) is 0 Å². The fourth-order valence-corrected chi connectivity index (χ4v) is 0.742. The van der Waals surface area contributed by atoms with Crippen LogP contribution < -0.4 is 5.32 Å². The average Bonchev–Trinajstić information content (AvgIpc) is 2.06. The van der Waals surface area contributed by atoms with Crippen molar-refractivity contribution in [2.45, 2.75) is 6.92 Å². The first-order chi connectivity index (χ1) is 5.38. The zero-order chi connectivity index (χ0) is 8.10. The molecule has 58 valence electrons. The van der Waals surface area contributed by atoms with E-state index in [1.807, 2.05) is 6.92 Å². The molecule has 1 aromatic rings. The van der Waals surface area contributed by atoms with Gasteiger partial charge >= 0.3 is 0 Å². The van der Waals surface area contributed by atoms with E-state index >= 15 is 0 Å². The van der Waals surface area contributed by atoms with Crippen molar-refractivity contribution in [1.82, 2.24) is 9.97 Å². The maximum absolute atomic E-state index is 10.4. The first kappa shape index (κ1) is 7.65. The molecule has 0 saturated carbocycles. The number of anilines is 1. The highest BCUT2D eigenvalue weighted by atomic mass is 16.1. The van der Waals surface area contributed by atoms with Crippen molar-refractivity contribution in [2.24, 2.45) is 0 Å². The summed E-state index contributed by atoms with van der Waals surface area (Å²) in [6.07, 6.45) is 3.63. The van der Waals surface area contributed by atoms with Gasteiger partial charge in [0.15, 0.2) is 6.29 Å². The summed E-state index contributed by atoms with van der Waals surface area (Å²) in [6, 6.07) is 0. The number of rotatable bonds is 3. The van der Waals surface area contributed by atoms with Crippen LogP contribution in [-0.4, -0.2) is 22.8 Å². The van der Waals surface area contributed by atoms with Crippen LogP contribution in [0.25, 0.3) is 0 Å². The molecule has 0 fully saturated rings. The van der Waals surface area contributed by atoms with E-state index in [1.54, 1.807) is 0 Å². The third kappa shape index (κ3) is 1.73. The van der Waals surface area contributed by atoms with Gasteiger partial charge < -0.3 is 5.32 Å². The van der Waals surface area contributed by atoms with Crippen molar-refractivity contribution in [2.75, 3.05) is 11.9 Å². The predicted molar refractivity (Wildman–Crippen MR) is 41.6 cm³/mol. The summed E-state index contributed by atoms with van der Waals surface area (Å²) in [6.45, 7) is 2.69. The molecule has 0 unspecified atom stereocenters. The van der Waals surface area contributed by atoms with Crippen LogP contribution in [0.5, 0.6) is 0 Å². The molecule has 0 amide bonds. The average molecular weight is 151 g/mol. The van der Waals surface area contributed by atoms with Gasteiger partial charge in [-0.25, -0.2) is 9.97 Å². The monoisotopic (exact) mass is 151 g/mol. The van der Waals surface area contributed by atoms with Crippen LogP contribution in [0.4, 0.5) is 5.82 Å². The highest BCUT2D eigenvalue weighted by Gasteiger charge is 1.98. The van der Waals surface area contributed by atoms with Crippen LogP contribution >= 0.6 is 0 Å². The molecule has 0 aliphatic heterocycles. The van der Waals surface area contributed by atoms with Crippen LogP contribution in [0, 0.1) is 0 Å². The molecule has 4 heteroatoms. The van der Waals surface area contributed by atoms with Crippen molar-refractivity contribution in [3.63, 3.8) is 0 Å². The molecule has 0 aromatic carbocycles. The van der Waals surface area contributed by atoms with Crippen LogP contribution in [0.15, 0.2) is 12.5 Å². The number of carbonyl (C=O) groups is 1. The van der Waals surface area contributed by atoms with Gasteiger partial charge in [-0.15, -0.1) is 0 Å². The van der Waals surface area contributed by atoms with Gasteiger partial charge in [-0.05, 0) is 6.92 Å². The largest absolute Gasteiger partial charge is 0.370 e. The number of nitrogens with one attached hydrogen (secondary N) is 1. The molecule has 0 bridgehead atoms. The van der Waals surface area contributed by atoms with E-state index < -0.39 is 0 Å². The molecule has 1 N–H and O–H groups in total. The third-order valence-electron chi connectivity index (χ3n) is 1.21. The zero-order valence-electron chi connectivity index (χ0n) is 6.24. The minimum absolute atomic E-state index is 0.495. The normalized spacial score (nSPS) is 9.18. The minimum atomic E-state index is 0.495. The molecule has 11 heavy (non-hydrogen) atoms. The summed E-state index contributed by atoms with van der Waals surface area (Å²) >= 11 is 0. The Hall–Kier alpha value is -1.45. The maximum Gasteiger partial charge on any atom is 0.155 e. The smallest absolute Gasteiger partial charge is 0.155 e. The first-order valence-corrected chi connectivity index (χ1v) is 3.37. The van der Waals surface area contributed by atoms with Gasteiger partial charge in [0.2, 0.25) is 0 Å². The summed E-state index contributed by atoms with van der Waals surface area (Å²) in [7, 11) is 0. The standard InChI is InChI=1S/C7H9N3O/c1-2-9-7-6(4-11)3-8-5-10-7/h3-5H,2H2,1H3,(H,8,9,10). The SMILES string of the molecule is CCNc1ncncc1C=O. The lowest BCUT2D eigenvalue weighted by Crippen LogP contribution is -2.02. The zero-order valence-corrected chi connectivity index (χ0v) is 6.24. The van der Waals surface area contributed by atoms with Gasteiger partial charge in [0.25, 0.3) is 0 Å². The number of nitrogens with zero attached hydrogens (tertiary/aromatic N) is 2. The fourth-order valence-electron chi connectivity index (χ4n) is 0.742. The molecule has 0 atom stereocenters. The van der Waals surface area contributed by atoms with Gasteiger partial charge in [-0.3, -0.25) is 4.79 Å². The topological polar surface area (TPSA) is 54.9 Å². The second kappa shape index (κ2) is 3.65. The number of hydrogen-bond donors (Lipinski definition) is 1. The minimum Gasteiger partial charge on any atom is -0.370 e. The second-order valence-corrected chi connectivity index (χ2v) is 1.97. The van der Waals surface area contributed by atoms with Crippen LogP contribution in [0.3, 0.4) is 0 Å². The molecule has 0 spiro atoms. The van der Waals surface area contributed by atoms with Crippen LogP contribution in [-0.2, 0) is 0 Å². The molecular formula is C7H9N3O. The van der Waals surface area contributed by atoms with Gasteiger partial charge in [0.05, 0.1) is 5.56 Å². The maximum atomic E-state index is 10.4. The second-order valence-electron chi connectivity index (χ2n) is 1.97. The van der Waals surface area contributed by atoms with Crippen molar-refractivity contribution >= 4 is 12.1 Å². The van der Waals surface area contributed by atoms with Crippen LogP contribution in [0.1, 0.15) is 17.3 Å². The summed E-state index contributed by atoms with van der Waals surface area (Å²) in [5.74, 6) is 0.595. The molecule has 0 aliphatic carbocycles. The predicted octanol–water partition coefficient (Wildman–Crippen LogP) is 0.721. The van der Waals surface area contributed by atoms with E-state index in [-0.39, 0.29) is 0 Å². The van der Waals surface area contributed by atoms with Crippen molar-refractivity contribution in [3.8, 4) is 0 Å². The highest BCUT2D eigenvalue weighted by Crippen LogP contribution is 2.05. The Morgan fingerprint density at radius 3 is 3.18 bits per heavy atom. The van der Waals surface area contributed by atoms with Gasteiger partial charge in [-0.2, -0.15) is 0 Å². The number of hydrogen-bond acceptors (Lipinski definition) is 4. The molecule has 1 aromatic heterocycles. The fraction of sp³-hybridized carbons (Fsp3) is 0.286. The van der Waals surface area contributed by atoms with Crippen molar-refractivity contribution in [3.05, 3.63) is 18.1 Å². The molecule has 4 nitrogen and oxygen atoms in total.